The molecule has 9 nitrogen and oxygen atoms in total. The van der Waals surface area contributed by atoms with Crippen molar-refractivity contribution in [1.82, 2.24) is 9.66 Å². The monoisotopic (exact) mass is 414 g/mol. The topological polar surface area (TPSA) is 120 Å². The highest BCUT2D eigenvalue weighted by Gasteiger charge is 2.21. The van der Waals surface area contributed by atoms with Crippen LogP contribution in [0.3, 0.4) is 0 Å². The van der Waals surface area contributed by atoms with Crippen molar-refractivity contribution in [2.45, 2.75) is 32.6 Å². The molecule has 10 heteroatoms. The molecule has 0 saturated carbocycles. The van der Waals surface area contributed by atoms with Gasteiger partial charge in [-0.1, -0.05) is 0 Å². The minimum Gasteiger partial charge on any atom is -0.500 e. The highest BCUT2D eigenvalue weighted by Crippen LogP contribution is 2.37. The van der Waals surface area contributed by atoms with E-state index in [9.17, 15) is 20.0 Å². The van der Waals surface area contributed by atoms with Gasteiger partial charge in [-0.15, -0.1) is 11.3 Å². The van der Waals surface area contributed by atoms with Gasteiger partial charge in [-0.3, -0.25) is 14.9 Å². The highest BCUT2D eigenvalue weighted by atomic mass is 32.1. The zero-order chi connectivity index (χ0) is 20.5. The molecule has 1 aliphatic rings. The van der Waals surface area contributed by atoms with Crippen LogP contribution in [-0.2, 0) is 12.8 Å². The first-order valence-corrected chi connectivity index (χ1v) is 10.0. The van der Waals surface area contributed by atoms with E-state index in [0.29, 0.717) is 15.8 Å². The molecule has 150 valence electrons. The van der Waals surface area contributed by atoms with Crippen LogP contribution < -0.4 is 10.3 Å². The molecule has 29 heavy (non-hydrogen) atoms. The minimum atomic E-state index is -0.702. The average Bonchev–Trinajstić information content (AvgIpc) is 3.09. The fourth-order valence-corrected chi connectivity index (χ4v) is 4.66. The van der Waals surface area contributed by atoms with Gasteiger partial charge in [0.1, 0.15) is 11.2 Å². The van der Waals surface area contributed by atoms with Crippen molar-refractivity contribution in [3.63, 3.8) is 0 Å². The van der Waals surface area contributed by atoms with Gasteiger partial charge < -0.3 is 9.84 Å². The maximum atomic E-state index is 12.9. The second-order valence-electron chi connectivity index (χ2n) is 6.61. The molecule has 3 aromatic rings. The molecule has 4 rings (SSSR count). The Hall–Kier alpha value is -3.27. The Morgan fingerprint density at radius 1 is 1.41 bits per heavy atom. The van der Waals surface area contributed by atoms with E-state index in [2.05, 4.69) is 10.1 Å². The van der Waals surface area contributed by atoms with Crippen molar-refractivity contribution < 1.29 is 14.8 Å². The average molecular weight is 414 g/mol. The molecule has 0 spiro atoms. The van der Waals surface area contributed by atoms with Gasteiger partial charge in [0.15, 0.2) is 5.75 Å². The molecular formula is C19H18N4O5S. The molecule has 0 unspecified atom stereocenters. The maximum Gasteiger partial charge on any atom is 0.315 e. The van der Waals surface area contributed by atoms with Crippen LogP contribution in [-0.4, -0.2) is 32.5 Å². The van der Waals surface area contributed by atoms with Crippen molar-refractivity contribution in [2.24, 2.45) is 5.10 Å². The van der Waals surface area contributed by atoms with E-state index in [1.807, 2.05) is 0 Å². The summed E-state index contributed by atoms with van der Waals surface area (Å²) in [6, 6.07) is 2.60. The number of nitro benzene ring substituents is 1. The van der Waals surface area contributed by atoms with Crippen LogP contribution in [0.1, 0.15) is 35.8 Å². The molecule has 1 N–H and O–H groups in total. The zero-order valence-electron chi connectivity index (χ0n) is 15.6. The van der Waals surface area contributed by atoms with Crippen LogP contribution in [0.5, 0.6) is 11.5 Å². The summed E-state index contributed by atoms with van der Waals surface area (Å²) in [6.07, 6.45) is 6.66. The van der Waals surface area contributed by atoms with Crippen molar-refractivity contribution in [3.05, 3.63) is 54.9 Å². The lowest BCUT2D eigenvalue weighted by atomic mass is 9.97. The van der Waals surface area contributed by atoms with E-state index < -0.39 is 16.4 Å². The lowest BCUT2D eigenvalue weighted by Gasteiger charge is -2.09. The Labute approximate surface area is 169 Å². The van der Waals surface area contributed by atoms with Gasteiger partial charge in [0.05, 0.1) is 23.1 Å². The first kappa shape index (κ1) is 19.1. The van der Waals surface area contributed by atoms with Gasteiger partial charge in [-0.25, -0.2) is 4.98 Å². The van der Waals surface area contributed by atoms with Crippen LogP contribution in [0, 0.1) is 10.1 Å². The van der Waals surface area contributed by atoms with Gasteiger partial charge in [0.25, 0.3) is 5.56 Å². The van der Waals surface area contributed by atoms with Crippen LogP contribution in [0.15, 0.2) is 28.4 Å². The van der Waals surface area contributed by atoms with E-state index in [1.165, 1.54) is 29.6 Å². The number of aryl methyl sites for hydroxylation is 2. The van der Waals surface area contributed by atoms with Crippen molar-refractivity contribution in [1.29, 1.82) is 0 Å². The number of hydrogen-bond acceptors (Lipinski definition) is 8. The Bertz CT molecular complexity index is 1200. The lowest BCUT2D eigenvalue weighted by molar-refractivity contribution is -0.386. The summed E-state index contributed by atoms with van der Waals surface area (Å²) in [5, 5.41) is 25.9. The van der Waals surface area contributed by atoms with Crippen molar-refractivity contribution in [2.75, 3.05) is 6.61 Å². The summed E-state index contributed by atoms with van der Waals surface area (Å²) < 4.78 is 6.39. The Morgan fingerprint density at radius 3 is 2.97 bits per heavy atom. The van der Waals surface area contributed by atoms with E-state index >= 15 is 0 Å². The molecule has 0 saturated heterocycles. The third-order valence-electron chi connectivity index (χ3n) is 4.76. The molecule has 0 bridgehead atoms. The van der Waals surface area contributed by atoms with E-state index in [1.54, 1.807) is 18.3 Å². The van der Waals surface area contributed by atoms with Crippen molar-refractivity contribution >= 4 is 33.5 Å². The summed E-state index contributed by atoms with van der Waals surface area (Å²) in [5.74, 6) is -0.560. The number of phenolic OH excluding ortho intramolecular Hbond substituents is 1. The summed E-state index contributed by atoms with van der Waals surface area (Å²) in [5.41, 5.74) is 0.628. The normalized spacial score (nSPS) is 13.7. The van der Waals surface area contributed by atoms with Crippen LogP contribution >= 0.6 is 11.3 Å². The van der Waals surface area contributed by atoms with E-state index in [-0.39, 0.29) is 17.9 Å². The smallest absolute Gasteiger partial charge is 0.315 e. The number of ether oxygens (including phenoxy) is 1. The second kappa shape index (κ2) is 7.63. The number of fused-ring (bicyclic) bond motifs is 3. The summed E-state index contributed by atoms with van der Waals surface area (Å²) in [6.45, 7) is 1.93. The molecule has 0 aliphatic heterocycles. The molecule has 2 aromatic heterocycles. The number of nitrogens with zero attached hydrogens (tertiary/aromatic N) is 4. The summed E-state index contributed by atoms with van der Waals surface area (Å²) in [7, 11) is 0. The third-order valence-corrected chi connectivity index (χ3v) is 5.96. The molecule has 2 heterocycles. The van der Waals surface area contributed by atoms with E-state index in [4.69, 9.17) is 4.74 Å². The number of hydrogen-bond donors (Lipinski definition) is 1. The first-order valence-electron chi connectivity index (χ1n) is 9.20. The van der Waals surface area contributed by atoms with Gasteiger partial charge in [-0.2, -0.15) is 9.78 Å². The number of rotatable bonds is 5. The third kappa shape index (κ3) is 3.46. The number of benzene rings is 1. The van der Waals surface area contributed by atoms with Crippen LogP contribution in [0.4, 0.5) is 5.69 Å². The molecular weight excluding hydrogens is 396 g/mol. The Balaban J connectivity index is 1.76. The molecule has 1 aliphatic carbocycles. The Morgan fingerprint density at radius 2 is 2.21 bits per heavy atom. The number of nitro groups is 1. The van der Waals surface area contributed by atoms with Crippen LogP contribution in [0.25, 0.3) is 10.2 Å². The van der Waals surface area contributed by atoms with Gasteiger partial charge in [0.2, 0.25) is 5.75 Å². The molecule has 0 radical (unpaired) electrons. The van der Waals surface area contributed by atoms with Gasteiger partial charge >= 0.3 is 5.69 Å². The predicted octanol–water partition coefficient (Wildman–Crippen LogP) is 3.23. The summed E-state index contributed by atoms with van der Waals surface area (Å²) in [4.78, 5) is 29.7. The van der Waals surface area contributed by atoms with Crippen molar-refractivity contribution in [3.8, 4) is 11.5 Å². The molecule has 0 atom stereocenters. The van der Waals surface area contributed by atoms with E-state index in [0.717, 1.165) is 35.9 Å². The minimum absolute atomic E-state index is 0.0176. The quantitative estimate of drug-likeness (QED) is 0.389. The lowest BCUT2D eigenvalue weighted by Crippen LogP contribution is -2.18. The van der Waals surface area contributed by atoms with Gasteiger partial charge in [0, 0.05) is 16.5 Å². The maximum absolute atomic E-state index is 12.9. The standard InChI is InChI=1S/C19H18N4O5S/c1-2-28-14-8-11(7-13(17(14)24)23(26)27)9-21-22-10-20-18-16(19(22)25)12-5-3-4-6-15(12)29-18/h7-10,24H,2-6H2,1H3. The zero-order valence-corrected chi connectivity index (χ0v) is 16.4. The highest BCUT2D eigenvalue weighted by molar-refractivity contribution is 7.18. The number of phenols is 1. The van der Waals surface area contributed by atoms with Gasteiger partial charge in [-0.05, 0) is 44.2 Å². The largest absolute Gasteiger partial charge is 0.500 e. The molecule has 0 amide bonds. The SMILES string of the molecule is CCOc1cc(C=Nn2cnc3sc4c(c3c2=O)CCCC4)cc([N+](=O)[O-])c1O. The number of aromatic hydroxyl groups is 1. The molecule has 1 aromatic carbocycles. The number of thiophene rings is 1. The van der Waals surface area contributed by atoms with Crippen LogP contribution in [0.2, 0.25) is 0 Å². The Kier molecular flexibility index (Phi) is 5.01. The molecule has 0 fully saturated rings. The fourth-order valence-electron chi connectivity index (χ4n) is 3.44. The summed E-state index contributed by atoms with van der Waals surface area (Å²) >= 11 is 1.56. The predicted molar refractivity (Wildman–Crippen MR) is 109 cm³/mol. The fraction of sp³-hybridized carbons (Fsp3) is 0.316. The second-order valence-corrected chi connectivity index (χ2v) is 7.69. The number of aromatic nitrogens is 2. The first-order chi connectivity index (χ1) is 14.0.